The third-order valence-corrected chi connectivity index (χ3v) is 4.18. The van der Waals surface area contributed by atoms with Gasteiger partial charge in [0.2, 0.25) is 0 Å². The van der Waals surface area contributed by atoms with Crippen molar-refractivity contribution in [1.29, 1.82) is 0 Å². The van der Waals surface area contributed by atoms with Crippen LogP contribution < -0.4 is 14.8 Å². The summed E-state index contributed by atoms with van der Waals surface area (Å²) in [4.78, 5) is 2.47. The molecule has 1 unspecified atom stereocenters. The first-order valence-corrected chi connectivity index (χ1v) is 8.65. The largest absolute Gasteiger partial charge is 0.490 e. The van der Waals surface area contributed by atoms with Crippen LogP contribution >= 0.6 is 0 Å². The third-order valence-electron chi connectivity index (χ3n) is 4.18. The second-order valence-corrected chi connectivity index (χ2v) is 5.76. The number of fused-ring (bicyclic) bond motifs is 1. The molecule has 0 saturated carbocycles. The first kappa shape index (κ1) is 17.1. The fourth-order valence-electron chi connectivity index (χ4n) is 2.74. The van der Waals surface area contributed by atoms with Crippen molar-refractivity contribution >= 4 is 0 Å². The lowest BCUT2D eigenvalue weighted by Crippen LogP contribution is -2.32. The molecule has 1 N–H and O–H groups in total. The number of rotatable bonds is 9. The molecule has 0 bridgehead atoms. The summed E-state index contributed by atoms with van der Waals surface area (Å²) in [7, 11) is 0. The minimum absolute atomic E-state index is 0.200. The number of hydrogen-bond acceptors (Lipinski definition) is 4. The van der Waals surface area contributed by atoms with E-state index >= 15 is 0 Å². The Morgan fingerprint density at radius 2 is 1.91 bits per heavy atom. The summed E-state index contributed by atoms with van der Waals surface area (Å²) >= 11 is 0. The Balaban J connectivity index is 1.61. The fourth-order valence-corrected chi connectivity index (χ4v) is 2.74. The van der Waals surface area contributed by atoms with Gasteiger partial charge in [0, 0.05) is 13.0 Å². The topological polar surface area (TPSA) is 33.7 Å². The molecule has 2 rings (SSSR count). The summed E-state index contributed by atoms with van der Waals surface area (Å²) in [5.41, 5.74) is 0. The van der Waals surface area contributed by atoms with Gasteiger partial charge in [0.15, 0.2) is 11.5 Å². The molecule has 124 valence electrons. The quantitative estimate of drug-likeness (QED) is 0.711. The van der Waals surface area contributed by atoms with Gasteiger partial charge in [0.1, 0.15) is 6.10 Å². The Hall–Kier alpha value is -1.26. The fraction of sp³-hybridized carbons (Fsp3) is 0.667. The van der Waals surface area contributed by atoms with Gasteiger partial charge in [0.25, 0.3) is 0 Å². The van der Waals surface area contributed by atoms with Gasteiger partial charge in [-0.1, -0.05) is 26.0 Å². The molecule has 1 heterocycles. The molecular formula is C18H30N2O2. The summed E-state index contributed by atoms with van der Waals surface area (Å²) in [5, 5.41) is 3.52. The van der Waals surface area contributed by atoms with E-state index in [9.17, 15) is 0 Å². The van der Waals surface area contributed by atoms with Crippen LogP contribution in [-0.4, -0.2) is 50.3 Å². The van der Waals surface area contributed by atoms with Gasteiger partial charge < -0.3 is 19.7 Å². The van der Waals surface area contributed by atoms with Crippen molar-refractivity contribution in [1.82, 2.24) is 10.2 Å². The first-order chi connectivity index (χ1) is 10.8. The minimum atomic E-state index is 0.200. The van der Waals surface area contributed by atoms with Crippen molar-refractivity contribution in [2.24, 2.45) is 0 Å². The number of benzene rings is 1. The summed E-state index contributed by atoms with van der Waals surface area (Å²) < 4.78 is 11.8. The Kier molecular flexibility index (Phi) is 7.54. The molecular weight excluding hydrogens is 276 g/mol. The van der Waals surface area contributed by atoms with Crippen molar-refractivity contribution in [3.8, 4) is 11.5 Å². The highest BCUT2D eigenvalue weighted by atomic mass is 16.5. The van der Waals surface area contributed by atoms with E-state index in [-0.39, 0.29) is 6.10 Å². The first-order valence-electron chi connectivity index (χ1n) is 8.65. The second kappa shape index (κ2) is 9.70. The smallest absolute Gasteiger partial charge is 0.161 e. The monoisotopic (exact) mass is 306 g/mol. The van der Waals surface area contributed by atoms with E-state index < -0.39 is 0 Å². The van der Waals surface area contributed by atoms with Crippen LogP contribution in [0.3, 0.4) is 0 Å². The van der Waals surface area contributed by atoms with E-state index in [1.165, 1.54) is 19.4 Å². The number of unbranched alkanes of at least 4 members (excludes halogenated alkanes) is 1. The van der Waals surface area contributed by atoms with Gasteiger partial charge in [-0.15, -0.1) is 0 Å². The van der Waals surface area contributed by atoms with Crippen molar-refractivity contribution in [2.45, 2.75) is 39.2 Å². The molecule has 0 radical (unpaired) electrons. The Labute approximate surface area is 134 Å². The highest BCUT2D eigenvalue weighted by Gasteiger charge is 2.17. The van der Waals surface area contributed by atoms with E-state index in [1.807, 2.05) is 24.3 Å². The zero-order valence-corrected chi connectivity index (χ0v) is 14.0. The number of nitrogens with one attached hydrogen (secondary N) is 1. The maximum atomic E-state index is 6.04. The molecule has 0 fully saturated rings. The maximum Gasteiger partial charge on any atom is 0.161 e. The van der Waals surface area contributed by atoms with Gasteiger partial charge in [0.05, 0.1) is 6.61 Å². The molecule has 0 saturated heterocycles. The number of hydrogen-bond donors (Lipinski definition) is 1. The van der Waals surface area contributed by atoms with Crippen LogP contribution in [0.1, 0.15) is 33.1 Å². The Morgan fingerprint density at radius 3 is 2.68 bits per heavy atom. The van der Waals surface area contributed by atoms with Crippen LogP contribution in [0.15, 0.2) is 24.3 Å². The molecule has 4 heteroatoms. The van der Waals surface area contributed by atoms with E-state index in [0.29, 0.717) is 0 Å². The normalized spacial score (nSPS) is 17.5. The summed E-state index contributed by atoms with van der Waals surface area (Å²) in [6.07, 6.45) is 3.61. The van der Waals surface area contributed by atoms with Crippen molar-refractivity contribution in [2.75, 3.05) is 39.3 Å². The molecule has 22 heavy (non-hydrogen) atoms. The molecule has 0 aliphatic carbocycles. The lowest BCUT2D eigenvalue weighted by Gasteiger charge is -2.18. The molecule has 0 aromatic heterocycles. The number of ether oxygens (including phenoxy) is 2. The molecule has 4 nitrogen and oxygen atoms in total. The number of nitrogens with zero attached hydrogens (tertiary/aromatic N) is 1. The summed E-state index contributed by atoms with van der Waals surface area (Å²) in [6.45, 7) is 10.6. The molecule has 1 aromatic rings. The average Bonchev–Trinajstić information content (AvgIpc) is 2.76. The predicted molar refractivity (Wildman–Crippen MR) is 90.9 cm³/mol. The second-order valence-electron chi connectivity index (χ2n) is 5.76. The van der Waals surface area contributed by atoms with Crippen LogP contribution in [0.25, 0.3) is 0 Å². The van der Waals surface area contributed by atoms with Crippen LogP contribution in [0.5, 0.6) is 11.5 Å². The zero-order valence-electron chi connectivity index (χ0n) is 14.0. The molecule has 1 atom stereocenters. The standard InChI is InChI=1S/C18H30N2O2/c1-3-20(4-2)13-8-7-12-19-15-16-11-14-21-17-9-5-6-10-18(17)22-16/h5-6,9-10,16,19H,3-4,7-8,11-15H2,1-2H3. The van der Waals surface area contributed by atoms with Gasteiger partial charge in [-0.05, 0) is 51.2 Å². The minimum Gasteiger partial charge on any atom is -0.490 e. The van der Waals surface area contributed by atoms with E-state index in [0.717, 1.165) is 50.7 Å². The van der Waals surface area contributed by atoms with Crippen molar-refractivity contribution < 1.29 is 9.47 Å². The predicted octanol–water partition coefficient (Wildman–Crippen LogP) is 2.93. The van der Waals surface area contributed by atoms with E-state index in [2.05, 4.69) is 24.1 Å². The lowest BCUT2D eigenvalue weighted by molar-refractivity contribution is 0.187. The Bertz CT molecular complexity index is 421. The van der Waals surface area contributed by atoms with Crippen LogP contribution in [0, 0.1) is 0 Å². The van der Waals surface area contributed by atoms with Crippen molar-refractivity contribution in [3.63, 3.8) is 0 Å². The van der Waals surface area contributed by atoms with Gasteiger partial charge in [-0.3, -0.25) is 0 Å². The molecule has 0 spiro atoms. The van der Waals surface area contributed by atoms with E-state index in [1.54, 1.807) is 0 Å². The highest BCUT2D eigenvalue weighted by molar-refractivity contribution is 5.40. The zero-order chi connectivity index (χ0) is 15.6. The summed E-state index contributed by atoms with van der Waals surface area (Å²) in [5.74, 6) is 1.73. The highest BCUT2D eigenvalue weighted by Crippen LogP contribution is 2.30. The van der Waals surface area contributed by atoms with Crippen LogP contribution in [-0.2, 0) is 0 Å². The molecule has 1 aliphatic heterocycles. The lowest BCUT2D eigenvalue weighted by atomic mass is 10.2. The maximum absolute atomic E-state index is 6.04. The van der Waals surface area contributed by atoms with Gasteiger partial charge >= 0.3 is 0 Å². The van der Waals surface area contributed by atoms with Gasteiger partial charge in [-0.25, -0.2) is 0 Å². The third kappa shape index (κ3) is 5.50. The molecule has 0 amide bonds. The number of para-hydroxylation sites is 2. The average molecular weight is 306 g/mol. The van der Waals surface area contributed by atoms with E-state index in [4.69, 9.17) is 9.47 Å². The summed E-state index contributed by atoms with van der Waals surface area (Å²) in [6, 6.07) is 7.93. The van der Waals surface area contributed by atoms with Crippen LogP contribution in [0.4, 0.5) is 0 Å². The van der Waals surface area contributed by atoms with Crippen molar-refractivity contribution in [3.05, 3.63) is 24.3 Å². The molecule has 1 aliphatic rings. The SMILES string of the molecule is CCN(CC)CCCCNCC1CCOc2ccccc2O1. The van der Waals surface area contributed by atoms with Crippen LogP contribution in [0.2, 0.25) is 0 Å². The Morgan fingerprint density at radius 1 is 1.14 bits per heavy atom. The van der Waals surface area contributed by atoms with Gasteiger partial charge in [-0.2, -0.15) is 0 Å². The molecule has 1 aromatic carbocycles.